The van der Waals surface area contributed by atoms with E-state index < -0.39 is 4.92 Å². The Bertz CT molecular complexity index is 421. The molecule has 1 N–H and O–H groups in total. The van der Waals surface area contributed by atoms with Gasteiger partial charge < -0.3 is 5.32 Å². The van der Waals surface area contributed by atoms with Crippen LogP contribution in [0.3, 0.4) is 0 Å². The lowest BCUT2D eigenvalue weighted by Gasteiger charge is -2.25. The first-order valence-corrected chi connectivity index (χ1v) is 6.09. The van der Waals surface area contributed by atoms with Crippen molar-refractivity contribution in [1.29, 1.82) is 0 Å². The third-order valence-corrected chi connectivity index (χ3v) is 3.27. The molecule has 0 atom stereocenters. The van der Waals surface area contributed by atoms with Gasteiger partial charge in [0.25, 0.3) is 5.69 Å². The smallest absolute Gasteiger partial charge is 0.276 e. The molecule has 1 aromatic rings. The van der Waals surface area contributed by atoms with E-state index in [0.717, 1.165) is 18.9 Å². The predicted octanol–water partition coefficient (Wildman–Crippen LogP) is 3.25. The summed E-state index contributed by atoms with van der Waals surface area (Å²) in [4.78, 5) is 14.2. The zero-order chi connectivity index (χ0) is 12.3. The third kappa shape index (κ3) is 3.30. The van der Waals surface area contributed by atoms with E-state index >= 15 is 0 Å². The minimum absolute atomic E-state index is 0.0313. The third-order valence-electron chi connectivity index (χ3n) is 3.07. The number of nitro groups is 1. The van der Waals surface area contributed by atoms with Crippen molar-refractivity contribution in [3.8, 4) is 0 Å². The van der Waals surface area contributed by atoms with Crippen LogP contribution >= 0.6 is 11.6 Å². The van der Waals surface area contributed by atoms with Gasteiger partial charge in [-0.05, 0) is 12.3 Å². The van der Waals surface area contributed by atoms with Gasteiger partial charge in [-0.3, -0.25) is 10.1 Å². The van der Waals surface area contributed by atoms with Crippen LogP contribution in [0.1, 0.15) is 25.7 Å². The second-order valence-electron chi connectivity index (χ2n) is 4.30. The summed E-state index contributed by atoms with van der Waals surface area (Å²) in [6.07, 6.45) is 5.00. The quantitative estimate of drug-likeness (QED) is 0.498. The molecule has 5 nitrogen and oxygen atoms in total. The van der Waals surface area contributed by atoms with Crippen LogP contribution in [0.25, 0.3) is 0 Å². The molecule has 0 saturated heterocycles. The van der Waals surface area contributed by atoms with E-state index in [4.69, 9.17) is 11.6 Å². The van der Waals surface area contributed by atoms with Crippen molar-refractivity contribution in [2.75, 3.05) is 11.9 Å². The molecule has 0 aromatic carbocycles. The standard InChI is InChI=1S/C11H14ClN3O2/c12-10-6-9(15(16)17)7-11(14-10)13-5-4-8-2-1-3-8/h6-8H,1-5H2,(H,13,14). The van der Waals surface area contributed by atoms with Gasteiger partial charge in [0.2, 0.25) is 0 Å². The summed E-state index contributed by atoms with van der Waals surface area (Å²) >= 11 is 5.72. The van der Waals surface area contributed by atoms with E-state index in [9.17, 15) is 10.1 Å². The van der Waals surface area contributed by atoms with E-state index in [1.807, 2.05) is 0 Å². The minimum atomic E-state index is -0.468. The summed E-state index contributed by atoms with van der Waals surface area (Å²) in [6, 6.07) is 2.66. The first kappa shape index (κ1) is 12.1. The van der Waals surface area contributed by atoms with Gasteiger partial charge in [-0.15, -0.1) is 0 Å². The molecule has 0 amide bonds. The topological polar surface area (TPSA) is 68.1 Å². The van der Waals surface area contributed by atoms with Crippen molar-refractivity contribution in [1.82, 2.24) is 4.98 Å². The molecule has 1 aromatic heterocycles. The number of rotatable bonds is 5. The molecule has 92 valence electrons. The highest BCUT2D eigenvalue weighted by Gasteiger charge is 2.16. The summed E-state index contributed by atoms with van der Waals surface area (Å²) in [5.41, 5.74) is -0.0313. The molecule has 1 aliphatic rings. The summed E-state index contributed by atoms with van der Waals surface area (Å²) in [5, 5.41) is 13.9. The van der Waals surface area contributed by atoms with Crippen molar-refractivity contribution in [2.24, 2.45) is 5.92 Å². The second-order valence-corrected chi connectivity index (χ2v) is 4.69. The number of anilines is 1. The Hall–Kier alpha value is -1.36. The highest BCUT2D eigenvalue weighted by atomic mass is 35.5. The normalized spacial score (nSPS) is 15.4. The van der Waals surface area contributed by atoms with Gasteiger partial charge in [0.15, 0.2) is 0 Å². The van der Waals surface area contributed by atoms with Crippen molar-refractivity contribution >= 4 is 23.1 Å². The average molecular weight is 256 g/mol. The number of hydrogen-bond donors (Lipinski definition) is 1. The Labute approximate surface area is 104 Å². The molecular formula is C11H14ClN3O2. The summed E-state index contributed by atoms with van der Waals surface area (Å²) in [7, 11) is 0. The van der Waals surface area contributed by atoms with Gasteiger partial charge in [0, 0.05) is 6.54 Å². The van der Waals surface area contributed by atoms with Crippen LogP contribution in [-0.4, -0.2) is 16.5 Å². The maximum absolute atomic E-state index is 10.6. The molecular weight excluding hydrogens is 242 g/mol. The fourth-order valence-electron chi connectivity index (χ4n) is 1.87. The predicted molar refractivity (Wildman–Crippen MR) is 66.3 cm³/mol. The summed E-state index contributed by atoms with van der Waals surface area (Å²) in [6.45, 7) is 0.787. The van der Waals surface area contributed by atoms with Crippen molar-refractivity contribution in [3.05, 3.63) is 27.4 Å². The van der Waals surface area contributed by atoms with Crippen molar-refractivity contribution < 1.29 is 4.92 Å². The molecule has 0 radical (unpaired) electrons. The number of nitrogens with one attached hydrogen (secondary N) is 1. The maximum atomic E-state index is 10.6. The zero-order valence-electron chi connectivity index (χ0n) is 9.36. The number of pyridine rings is 1. The first-order chi connectivity index (χ1) is 8.15. The van der Waals surface area contributed by atoms with Crippen molar-refractivity contribution in [2.45, 2.75) is 25.7 Å². The van der Waals surface area contributed by atoms with Crippen LogP contribution in [0.4, 0.5) is 11.5 Å². The number of hydrogen-bond acceptors (Lipinski definition) is 4. The Morgan fingerprint density at radius 3 is 2.88 bits per heavy atom. The fraction of sp³-hybridized carbons (Fsp3) is 0.545. The van der Waals surface area contributed by atoms with Crippen LogP contribution < -0.4 is 5.32 Å². The number of halogens is 1. The molecule has 1 saturated carbocycles. The lowest BCUT2D eigenvalue weighted by atomic mass is 9.83. The van der Waals surface area contributed by atoms with Gasteiger partial charge in [0.1, 0.15) is 11.0 Å². The molecule has 0 unspecified atom stereocenters. The van der Waals surface area contributed by atoms with Gasteiger partial charge in [-0.2, -0.15) is 0 Å². The molecule has 1 fully saturated rings. The Balaban J connectivity index is 1.92. The maximum Gasteiger partial charge on any atom is 0.276 e. The lowest BCUT2D eigenvalue weighted by molar-refractivity contribution is -0.384. The molecule has 0 aliphatic heterocycles. The van der Waals surface area contributed by atoms with Gasteiger partial charge in [0.05, 0.1) is 17.1 Å². The van der Waals surface area contributed by atoms with Gasteiger partial charge in [-0.25, -0.2) is 4.98 Å². The van der Waals surface area contributed by atoms with Crippen molar-refractivity contribution in [3.63, 3.8) is 0 Å². The molecule has 2 rings (SSSR count). The molecule has 0 bridgehead atoms. The highest BCUT2D eigenvalue weighted by Crippen LogP contribution is 2.29. The minimum Gasteiger partial charge on any atom is -0.370 e. The van der Waals surface area contributed by atoms with Crippen LogP contribution in [-0.2, 0) is 0 Å². The highest BCUT2D eigenvalue weighted by molar-refractivity contribution is 6.29. The van der Waals surface area contributed by atoms with Crippen LogP contribution in [0, 0.1) is 16.0 Å². The van der Waals surface area contributed by atoms with E-state index in [2.05, 4.69) is 10.3 Å². The summed E-state index contributed by atoms with van der Waals surface area (Å²) < 4.78 is 0. The van der Waals surface area contributed by atoms with Gasteiger partial charge in [-0.1, -0.05) is 30.9 Å². The average Bonchev–Trinajstić information content (AvgIpc) is 2.21. The fourth-order valence-corrected chi connectivity index (χ4v) is 2.07. The van der Waals surface area contributed by atoms with E-state index in [1.165, 1.54) is 31.4 Å². The van der Waals surface area contributed by atoms with Gasteiger partial charge >= 0.3 is 0 Å². The lowest BCUT2D eigenvalue weighted by Crippen LogP contribution is -2.16. The number of nitrogens with zero attached hydrogens (tertiary/aromatic N) is 2. The van der Waals surface area contributed by atoms with E-state index in [-0.39, 0.29) is 10.8 Å². The van der Waals surface area contributed by atoms with Crippen LogP contribution in [0.5, 0.6) is 0 Å². The van der Waals surface area contributed by atoms with E-state index in [1.54, 1.807) is 0 Å². The van der Waals surface area contributed by atoms with Crippen LogP contribution in [0.15, 0.2) is 12.1 Å². The Kier molecular flexibility index (Phi) is 3.78. The largest absolute Gasteiger partial charge is 0.370 e. The Morgan fingerprint density at radius 2 is 2.29 bits per heavy atom. The molecule has 1 aliphatic carbocycles. The van der Waals surface area contributed by atoms with E-state index in [0.29, 0.717) is 5.82 Å². The molecule has 17 heavy (non-hydrogen) atoms. The first-order valence-electron chi connectivity index (χ1n) is 5.71. The summed E-state index contributed by atoms with van der Waals surface area (Å²) in [5.74, 6) is 1.28. The SMILES string of the molecule is O=[N+]([O-])c1cc(Cl)nc(NCCC2CCC2)c1. The van der Waals surface area contributed by atoms with Crippen LogP contribution in [0.2, 0.25) is 5.15 Å². The Morgan fingerprint density at radius 1 is 1.53 bits per heavy atom. The molecule has 1 heterocycles. The monoisotopic (exact) mass is 255 g/mol. The molecule has 0 spiro atoms. The molecule has 6 heteroatoms. The number of aromatic nitrogens is 1. The second kappa shape index (κ2) is 5.31. The zero-order valence-corrected chi connectivity index (χ0v) is 10.1.